The summed E-state index contributed by atoms with van der Waals surface area (Å²) in [7, 11) is 1.19. The number of hydrogen-bond donors (Lipinski definition) is 12. The third-order valence-electron chi connectivity index (χ3n) is 10.9. The minimum atomic E-state index is -2.04. The Labute approximate surface area is 393 Å². The molecule has 2 unspecified atom stereocenters. The van der Waals surface area contributed by atoms with E-state index in [0.717, 1.165) is 4.90 Å². The van der Waals surface area contributed by atoms with Gasteiger partial charge in [0.1, 0.15) is 41.7 Å². The van der Waals surface area contributed by atoms with Crippen molar-refractivity contribution in [3.8, 4) is 5.75 Å². The summed E-state index contributed by atoms with van der Waals surface area (Å²) in [5.74, 6) is -10.5. The first-order chi connectivity index (χ1) is 31.9. The highest BCUT2D eigenvalue weighted by atomic mass is 16.3. The zero-order valence-corrected chi connectivity index (χ0v) is 38.9. The summed E-state index contributed by atoms with van der Waals surface area (Å²) in [6.45, 7) is 4.39. The second-order valence-corrected chi connectivity index (χ2v) is 17.2. The Morgan fingerprint density at radius 2 is 1.53 bits per heavy atom. The predicted molar refractivity (Wildman–Crippen MR) is 241 cm³/mol. The molecule has 1 aliphatic heterocycles. The van der Waals surface area contributed by atoms with Crippen LogP contribution in [0.5, 0.6) is 5.75 Å². The van der Waals surface area contributed by atoms with Gasteiger partial charge in [-0.25, -0.2) is 0 Å². The lowest BCUT2D eigenvalue weighted by Gasteiger charge is -2.34. The lowest BCUT2D eigenvalue weighted by molar-refractivity contribution is -0.140. The molecule has 7 atom stereocenters. The Morgan fingerprint density at radius 1 is 0.882 bits per heavy atom. The van der Waals surface area contributed by atoms with Gasteiger partial charge in [-0.1, -0.05) is 46.2 Å². The Hall–Kier alpha value is -7.18. The largest absolute Gasteiger partial charge is 0.508 e. The van der Waals surface area contributed by atoms with E-state index in [-0.39, 0.29) is 30.8 Å². The van der Waals surface area contributed by atoms with E-state index >= 15 is 0 Å². The molecule has 68 heavy (non-hydrogen) atoms. The van der Waals surface area contributed by atoms with Gasteiger partial charge in [-0.2, -0.15) is 0 Å². The Balaban J connectivity index is 2.63. The van der Waals surface area contributed by atoms with Crippen molar-refractivity contribution in [2.45, 2.75) is 115 Å². The molecule has 0 bridgehead atoms. The van der Waals surface area contributed by atoms with Crippen LogP contribution >= 0.6 is 0 Å². The van der Waals surface area contributed by atoms with Crippen LogP contribution in [-0.4, -0.2) is 150 Å². The van der Waals surface area contributed by atoms with Crippen molar-refractivity contribution in [1.29, 1.82) is 0 Å². The molecule has 25 heteroatoms. The van der Waals surface area contributed by atoms with Crippen molar-refractivity contribution in [2.75, 3.05) is 33.2 Å². The summed E-state index contributed by atoms with van der Waals surface area (Å²) in [6, 6.07) is -1.42. The molecule has 11 amide bonds. The zero-order valence-electron chi connectivity index (χ0n) is 38.9. The van der Waals surface area contributed by atoms with Gasteiger partial charge in [0.2, 0.25) is 65.0 Å². The highest BCUT2D eigenvalue weighted by Gasteiger charge is 2.39. The number of carbonyl (C=O) groups is 12. The van der Waals surface area contributed by atoms with Crippen molar-refractivity contribution in [3.63, 3.8) is 0 Å². The van der Waals surface area contributed by atoms with Crippen molar-refractivity contribution in [2.24, 2.45) is 29.0 Å². The molecule has 0 saturated carbocycles. The number of nitrogens with one attached hydrogen (secondary N) is 8. The molecule has 0 aliphatic carbocycles. The van der Waals surface area contributed by atoms with Gasteiger partial charge < -0.3 is 74.5 Å². The van der Waals surface area contributed by atoms with Gasteiger partial charge >= 0.3 is 0 Å². The molecule has 376 valence electrons. The number of phenolic OH excluding ortho intramolecular Hbond substituents is 1. The first-order valence-corrected chi connectivity index (χ1v) is 22.0. The van der Waals surface area contributed by atoms with E-state index in [1.807, 2.05) is 0 Å². The van der Waals surface area contributed by atoms with Crippen LogP contribution in [0.25, 0.3) is 0 Å². The van der Waals surface area contributed by atoms with Gasteiger partial charge in [-0.05, 0) is 48.8 Å². The summed E-state index contributed by atoms with van der Waals surface area (Å²) in [4.78, 5) is 158. The van der Waals surface area contributed by atoms with E-state index in [4.69, 9.17) is 17.2 Å². The number of nitrogens with zero attached hydrogens (tertiary/aromatic N) is 1. The summed E-state index contributed by atoms with van der Waals surface area (Å²) < 4.78 is 0. The van der Waals surface area contributed by atoms with Crippen LogP contribution in [0, 0.1) is 11.8 Å². The molecule has 0 radical (unpaired) electrons. The fourth-order valence-electron chi connectivity index (χ4n) is 6.91. The first kappa shape index (κ1) is 56.9. The van der Waals surface area contributed by atoms with E-state index in [2.05, 4.69) is 42.5 Å². The molecule has 15 N–H and O–H groups in total. The fraction of sp³-hybridized carbons (Fsp3) is 0.581. The molecule has 1 saturated heterocycles. The third kappa shape index (κ3) is 19.7. The Kier molecular flexibility index (Phi) is 23.0. The second-order valence-electron chi connectivity index (χ2n) is 17.2. The van der Waals surface area contributed by atoms with Crippen LogP contribution in [0.1, 0.15) is 78.2 Å². The maximum atomic E-state index is 14.2. The molecular weight excluding hydrogens is 893 g/mol. The van der Waals surface area contributed by atoms with Gasteiger partial charge in [-0.3, -0.25) is 52.7 Å². The molecular formula is C43H66N12O13. The normalized spacial score (nSPS) is 22.1. The number of carbonyl (C=O) groups excluding carboxylic acids is 12. The van der Waals surface area contributed by atoms with Gasteiger partial charge in [-0.15, -0.1) is 0 Å². The van der Waals surface area contributed by atoms with E-state index in [0.29, 0.717) is 12.0 Å². The number of hydrogen-bond acceptors (Lipinski definition) is 14. The number of aromatic hydroxyl groups is 1. The van der Waals surface area contributed by atoms with Gasteiger partial charge in [0.15, 0.2) is 0 Å². The molecule has 1 aromatic rings. The number of likely N-dealkylation sites (N-methyl/N-ethyl adjacent to an activating group) is 1. The van der Waals surface area contributed by atoms with Crippen LogP contribution in [0.4, 0.5) is 0 Å². The molecule has 1 aromatic carbocycles. The van der Waals surface area contributed by atoms with E-state index in [9.17, 15) is 62.6 Å². The quantitative estimate of drug-likeness (QED) is 0.0579. The first-order valence-electron chi connectivity index (χ1n) is 22.0. The predicted octanol–water partition coefficient (Wildman–Crippen LogP) is -4.91. The zero-order chi connectivity index (χ0) is 51.3. The summed E-state index contributed by atoms with van der Waals surface area (Å²) in [6.07, 6.45) is -2.07. The van der Waals surface area contributed by atoms with Gasteiger partial charge in [0, 0.05) is 32.9 Å². The second kappa shape index (κ2) is 27.5. The average molecular weight is 959 g/mol. The van der Waals surface area contributed by atoms with Crippen molar-refractivity contribution in [1.82, 2.24) is 47.4 Å². The van der Waals surface area contributed by atoms with Crippen molar-refractivity contribution in [3.05, 3.63) is 29.8 Å². The summed E-state index contributed by atoms with van der Waals surface area (Å²) in [5.41, 5.74) is 14.5. The molecule has 1 heterocycles. The van der Waals surface area contributed by atoms with Crippen molar-refractivity contribution >= 4 is 71.3 Å². The minimum Gasteiger partial charge on any atom is -0.508 e. The van der Waals surface area contributed by atoms with Crippen LogP contribution in [0.15, 0.2) is 24.3 Å². The Morgan fingerprint density at radius 3 is 2.10 bits per heavy atom. The number of nitrogens with two attached hydrogens (primary N) is 3. The molecule has 0 aromatic heterocycles. The smallest absolute Gasteiger partial charge is 0.245 e. The number of phenols is 1. The van der Waals surface area contributed by atoms with Gasteiger partial charge in [0.25, 0.3) is 0 Å². The molecule has 1 aliphatic rings. The lowest BCUT2D eigenvalue weighted by atomic mass is 9.91. The number of rotatable bonds is 19. The number of benzene rings is 1. The third-order valence-corrected chi connectivity index (χ3v) is 10.9. The van der Waals surface area contributed by atoms with Crippen LogP contribution in [0.3, 0.4) is 0 Å². The maximum absolute atomic E-state index is 14.2. The van der Waals surface area contributed by atoms with Crippen LogP contribution in [0.2, 0.25) is 0 Å². The highest BCUT2D eigenvalue weighted by molar-refractivity contribution is 5.97. The average Bonchev–Trinajstić information content (AvgIpc) is 3.27. The number of amides is 11. The van der Waals surface area contributed by atoms with E-state index in [1.54, 1.807) is 27.7 Å². The molecule has 2 rings (SSSR count). The monoisotopic (exact) mass is 958 g/mol. The van der Waals surface area contributed by atoms with Gasteiger partial charge in [0.05, 0.1) is 32.1 Å². The summed E-state index contributed by atoms with van der Waals surface area (Å²) in [5, 5.41) is 29.9. The van der Waals surface area contributed by atoms with Crippen LogP contribution in [-0.2, 0) is 64.0 Å². The summed E-state index contributed by atoms with van der Waals surface area (Å²) >= 11 is 0. The molecule has 0 spiro atoms. The molecule has 1 fully saturated rings. The van der Waals surface area contributed by atoms with E-state index in [1.165, 1.54) is 31.3 Å². The standard InChI is InChI=1S/C43H66N12O13/c1-6-24(4)37-41(67)54-43(22-56,14-13-31(44)58)21-49-28(17-32(45)59)39(65)52-27(42(68)55(5)20-36(63)51-29(15-23(2)3)38(64)48-18-33(46)60)11-12-34(61)47-19-35(62)50-30(40(66)53-37)16-25-7-9-26(57)10-8-25/h7-10,22-24,27-30,37,49,57H,6,11-21H2,1-5H3,(H2,44,58)(H2,45,59)(H2,46,60)(H,47,61)(H,48,64)(H,50,62)(H,51,63)(H,52,65)(H,53,66)(H,54,67)/t24?,27-,28-,29-,30-,37?,43-/m0/s1. The maximum Gasteiger partial charge on any atom is 0.245 e. The number of aldehydes is 1. The Bertz CT molecular complexity index is 2020. The lowest BCUT2D eigenvalue weighted by Crippen LogP contribution is -2.64. The number of primary amides is 3. The van der Waals surface area contributed by atoms with E-state index < -0.39 is 165 Å². The van der Waals surface area contributed by atoms with Crippen LogP contribution < -0.4 is 59.7 Å². The fourth-order valence-corrected chi connectivity index (χ4v) is 6.91. The molecule has 25 nitrogen and oxygen atoms in total. The minimum absolute atomic E-state index is 0.0726. The van der Waals surface area contributed by atoms with Crippen molar-refractivity contribution < 1.29 is 62.6 Å². The topological polar surface area (TPSA) is 403 Å². The SMILES string of the molecule is CCC(C)C1NC(=O)[C@H](Cc2ccc(O)cc2)NC(=O)CNC(=O)CC[C@@H](C(=O)N(C)CC(=O)N[C@@H](CC(C)C)C(=O)NCC(N)=O)NC(=O)[C@H](CC(N)=O)NC[C@](C=O)(CCC(N)=O)NC1=O. The highest BCUT2D eigenvalue weighted by Crippen LogP contribution is 2.17.